The zero-order chi connectivity index (χ0) is 12.1. The van der Waals surface area contributed by atoms with Gasteiger partial charge in [-0.25, -0.2) is 0 Å². The molecule has 1 rings (SSSR count). The van der Waals surface area contributed by atoms with Crippen LogP contribution in [0, 0.1) is 11.8 Å². The lowest BCUT2D eigenvalue weighted by atomic mass is 9.84. The molecule has 0 amide bonds. The largest absolute Gasteiger partial charge is 0.481 e. The highest BCUT2D eigenvalue weighted by molar-refractivity contribution is 5.83. The van der Waals surface area contributed by atoms with Gasteiger partial charge >= 0.3 is 11.9 Å². The van der Waals surface area contributed by atoms with Crippen LogP contribution in [0.3, 0.4) is 0 Å². The summed E-state index contributed by atoms with van der Waals surface area (Å²) in [5, 5.41) is 9.01. The molecule has 0 bridgehead atoms. The average molecular weight is 226 g/mol. The second-order valence-corrected chi connectivity index (χ2v) is 4.13. The summed E-state index contributed by atoms with van der Waals surface area (Å²) >= 11 is 0. The van der Waals surface area contributed by atoms with Gasteiger partial charge < -0.3 is 9.84 Å². The molecule has 4 nitrogen and oxygen atoms in total. The van der Waals surface area contributed by atoms with E-state index in [0.29, 0.717) is 12.8 Å². The summed E-state index contributed by atoms with van der Waals surface area (Å²) in [5.74, 6) is -2.60. The summed E-state index contributed by atoms with van der Waals surface area (Å²) in [6, 6.07) is 0. The molecule has 0 aromatic heterocycles. The van der Waals surface area contributed by atoms with Crippen molar-refractivity contribution in [1.29, 1.82) is 0 Å². The van der Waals surface area contributed by atoms with Crippen molar-refractivity contribution in [3.63, 3.8) is 0 Å². The topological polar surface area (TPSA) is 63.6 Å². The summed E-state index contributed by atoms with van der Waals surface area (Å²) in [4.78, 5) is 22.7. The Labute approximate surface area is 95.3 Å². The van der Waals surface area contributed by atoms with Gasteiger partial charge in [0.05, 0.1) is 17.9 Å². The van der Waals surface area contributed by atoms with E-state index in [1.165, 1.54) is 0 Å². The van der Waals surface area contributed by atoms with Gasteiger partial charge in [-0.15, -0.1) is 0 Å². The first-order valence-corrected chi connectivity index (χ1v) is 5.66. The van der Waals surface area contributed by atoms with Crippen LogP contribution in [-0.4, -0.2) is 23.1 Å². The number of ether oxygens (including phenoxy) is 1. The molecule has 0 fully saturated rings. The fourth-order valence-electron chi connectivity index (χ4n) is 1.71. The standard InChI is InChI=1S/C12H18O4/c1-3-8(2)16-12(15)10-7-5-4-6-9(10)11(13)14/h5,7-10H,3-4,6H2,1-2H3,(H,13,14). The lowest BCUT2D eigenvalue weighted by Gasteiger charge is -2.24. The fraction of sp³-hybridized carbons (Fsp3) is 0.667. The van der Waals surface area contributed by atoms with Crippen LogP contribution < -0.4 is 0 Å². The highest BCUT2D eigenvalue weighted by Gasteiger charge is 2.34. The molecule has 90 valence electrons. The van der Waals surface area contributed by atoms with E-state index in [-0.39, 0.29) is 6.10 Å². The lowest BCUT2D eigenvalue weighted by Crippen LogP contribution is -2.33. The molecule has 1 aliphatic rings. The minimum Gasteiger partial charge on any atom is -0.481 e. The Hall–Kier alpha value is -1.32. The number of aliphatic carboxylic acids is 1. The molecule has 0 heterocycles. The number of hydrogen-bond acceptors (Lipinski definition) is 3. The average Bonchev–Trinajstić information content (AvgIpc) is 2.28. The number of allylic oxidation sites excluding steroid dienone is 1. The number of carbonyl (C=O) groups is 2. The summed E-state index contributed by atoms with van der Waals surface area (Å²) in [5.41, 5.74) is 0. The molecular formula is C12H18O4. The Morgan fingerprint density at radius 2 is 2.25 bits per heavy atom. The van der Waals surface area contributed by atoms with Gasteiger partial charge in [-0.05, 0) is 26.2 Å². The number of carboxylic acids is 1. The van der Waals surface area contributed by atoms with Crippen molar-refractivity contribution in [3.8, 4) is 0 Å². The third-order valence-electron chi connectivity index (χ3n) is 2.90. The van der Waals surface area contributed by atoms with Crippen LogP contribution in [0.25, 0.3) is 0 Å². The molecular weight excluding hydrogens is 208 g/mol. The van der Waals surface area contributed by atoms with E-state index in [2.05, 4.69) is 0 Å². The molecule has 0 aliphatic heterocycles. The minimum atomic E-state index is -0.921. The smallest absolute Gasteiger partial charge is 0.313 e. The Morgan fingerprint density at radius 3 is 2.81 bits per heavy atom. The molecule has 0 radical (unpaired) electrons. The first-order valence-electron chi connectivity index (χ1n) is 5.66. The summed E-state index contributed by atoms with van der Waals surface area (Å²) < 4.78 is 5.17. The number of carbonyl (C=O) groups excluding carboxylic acids is 1. The summed E-state index contributed by atoms with van der Waals surface area (Å²) in [7, 11) is 0. The zero-order valence-corrected chi connectivity index (χ0v) is 9.68. The van der Waals surface area contributed by atoms with Gasteiger partial charge in [0.1, 0.15) is 0 Å². The van der Waals surface area contributed by atoms with Gasteiger partial charge in [-0.3, -0.25) is 9.59 Å². The molecule has 0 saturated carbocycles. The second-order valence-electron chi connectivity index (χ2n) is 4.13. The highest BCUT2D eigenvalue weighted by atomic mass is 16.5. The second kappa shape index (κ2) is 5.68. The van der Waals surface area contributed by atoms with Crippen molar-refractivity contribution in [2.45, 2.75) is 39.2 Å². The van der Waals surface area contributed by atoms with E-state index < -0.39 is 23.8 Å². The van der Waals surface area contributed by atoms with E-state index in [1.54, 1.807) is 13.0 Å². The van der Waals surface area contributed by atoms with Crippen molar-refractivity contribution in [2.75, 3.05) is 0 Å². The van der Waals surface area contributed by atoms with E-state index in [1.807, 2.05) is 13.0 Å². The molecule has 0 aromatic carbocycles. The van der Waals surface area contributed by atoms with Crippen LogP contribution in [0.15, 0.2) is 12.2 Å². The Balaban J connectivity index is 2.68. The number of hydrogen-bond donors (Lipinski definition) is 1. The summed E-state index contributed by atoms with van der Waals surface area (Å²) in [6.07, 6.45) is 5.31. The molecule has 1 N–H and O–H groups in total. The molecule has 0 saturated heterocycles. The van der Waals surface area contributed by atoms with Crippen LogP contribution >= 0.6 is 0 Å². The minimum absolute atomic E-state index is 0.155. The van der Waals surface area contributed by atoms with Crippen molar-refractivity contribution in [3.05, 3.63) is 12.2 Å². The maximum atomic E-state index is 11.7. The molecule has 1 aliphatic carbocycles. The van der Waals surface area contributed by atoms with Crippen molar-refractivity contribution >= 4 is 11.9 Å². The van der Waals surface area contributed by atoms with Crippen LogP contribution in [-0.2, 0) is 14.3 Å². The molecule has 0 aromatic rings. The van der Waals surface area contributed by atoms with Crippen LogP contribution in [0.5, 0.6) is 0 Å². The molecule has 4 heteroatoms. The van der Waals surface area contributed by atoms with E-state index in [0.717, 1.165) is 6.42 Å². The van der Waals surface area contributed by atoms with Gasteiger partial charge in [-0.2, -0.15) is 0 Å². The predicted molar refractivity (Wildman–Crippen MR) is 58.8 cm³/mol. The molecule has 3 unspecified atom stereocenters. The van der Waals surface area contributed by atoms with E-state index in [4.69, 9.17) is 9.84 Å². The van der Waals surface area contributed by atoms with Crippen LogP contribution in [0.4, 0.5) is 0 Å². The highest BCUT2D eigenvalue weighted by Crippen LogP contribution is 2.26. The monoisotopic (exact) mass is 226 g/mol. The Kier molecular flexibility index (Phi) is 4.52. The Morgan fingerprint density at radius 1 is 1.56 bits per heavy atom. The van der Waals surface area contributed by atoms with Crippen LogP contribution in [0.1, 0.15) is 33.1 Å². The number of rotatable bonds is 4. The SMILES string of the molecule is CCC(C)OC(=O)C1C=CCCC1C(=O)O. The molecule has 3 atom stereocenters. The van der Waals surface area contributed by atoms with Gasteiger partial charge in [0, 0.05) is 0 Å². The first kappa shape index (κ1) is 12.7. The van der Waals surface area contributed by atoms with Crippen molar-refractivity contribution in [1.82, 2.24) is 0 Å². The summed E-state index contributed by atoms with van der Waals surface area (Å²) in [6.45, 7) is 3.73. The predicted octanol–water partition coefficient (Wildman–Crippen LogP) is 2.00. The normalized spacial score (nSPS) is 26.1. The van der Waals surface area contributed by atoms with Gasteiger partial charge in [0.15, 0.2) is 0 Å². The number of carboxylic acid groups (broad SMARTS) is 1. The first-order chi connectivity index (χ1) is 7.56. The van der Waals surface area contributed by atoms with E-state index in [9.17, 15) is 9.59 Å². The van der Waals surface area contributed by atoms with E-state index >= 15 is 0 Å². The Bertz CT molecular complexity index is 295. The molecule has 16 heavy (non-hydrogen) atoms. The maximum Gasteiger partial charge on any atom is 0.313 e. The lowest BCUT2D eigenvalue weighted by molar-refractivity contribution is -0.159. The van der Waals surface area contributed by atoms with Crippen molar-refractivity contribution < 1.29 is 19.4 Å². The quantitative estimate of drug-likeness (QED) is 0.588. The maximum absolute atomic E-state index is 11.7. The van der Waals surface area contributed by atoms with Crippen molar-refractivity contribution in [2.24, 2.45) is 11.8 Å². The van der Waals surface area contributed by atoms with Gasteiger partial charge in [-0.1, -0.05) is 19.1 Å². The van der Waals surface area contributed by atoms with Gasteiger partial charge in [0.2, 0.25) is 0 Å². The molecule has 0 spiro atoms. The van der Waals surface area contributed by atoms with Crippen LogP contribution in [0.2, 0.25) is 0 Å². The fourth-order valence-corrected chi connectivity index (χ4v) is 1.71. The van der Waals surface area contributed by atoms with Gasteiger partial charge in [0.25, 0.3) is 0 Å². The number of esters is 1. The zero-order valence-electron chi connectivity index (χ0n) is 9.68. The third-order valence-corrected chi connectivity index (χ3v) is 2.90. The third kappa shape index (κ3) is 3.08.